The third kappa shape index (κ3) is 4.64. The molecule has 1 aromatic heterocycles. The molecule has 3 rings (SSSR count). The minimum Gasteiger partial charge on any atom is -0.495 e. The molecule has 0 unspecified atom stereocenters. The molecule has 1 fully saturated rings. The van der Waals surface area contributed by atoms with Crippen LogP contribution in [-0.2, 0) is 0 Å². The van der Waals surface area contributed by atoms with Crippen LogP contribution in [0.15, 0.2) is 24.3 Å². The summed E-state index contributed by atoms with van der Waals surface area (Å²) in [5, 5.41) is 6.69. The van der Waals surface area contributed by atoms with E-state index < -0.39 is 0 Å². The Bertz CT molecular complexity index is 791. The summed E-state index contributed by atoms with van der Waals surface area (Å²) in [5.41, 5.74) is 1.54. The molecule has 1 amide bonds. The lowest BCUT2D eigenvalue weighted by molar-refractivity contribution is 0.102. The number of aryl methyl sites for hydroxylation is 1. The Morgan fingerprint density at radius 3 is 2.69 bits per heavy atom. The SMILES string of the molecule is COc1ccc(Cl)cc1NC(=O)c1cc(C)nc(NC2CCCCC2)n1. The van der Waals surface area contributed by atoms with Gasteiger partial charge in [0.1, 0.15) is 11.4 Å². The van der Waals surface area contributed by atoms with Crippen molar-refractivity contribution >= 4 is 29.1 Å². The summed E-state index contributed by atoms with van der Waals surface area (Å²) in [4.78, 5) is 21.5. The third-order valence-corrected chi connectivity index (χ3v) is 4.67. The van der Waals surface area contributed by atoms with Gasteiger partial charge in [0.15, 0.2) is 0 Å². The second-order valence-corrected chi connectivity index (χ2v) is 6.93. The van der Waals surface area contributed by atoms with Crippen LogP contribution in [0.25, 0.3) is 0 Å². The predicted molar refractivity (Wildman–Crippen MR) is 103 cm³/mol. The minimum absolute atomic E-state index is 0.304. The molecule has 0 bridgehead atoms. The number of aromatic nitrogens is 2. The fourth-order valence-electron chi connectivity index (χ4n) is 3.14. The van der Waals surface area contributed by atoms with Crippen LogP contribution in [0.5, 0.6) is 5.75 Å². The molecule has 1 aliphatic carbocycles. The molecule has 0 aliphatic heterocycles. The van der Waals surface area contributed by atoms with Crippen molar-refractivity contribution in [2.24, 2.45) is 0 Å². The summed E-state index contributed by atoms with van der Waals surface area (Å²) < 4.78 is 5.27. The fourth-order valence-corrected chi connectivity index (χ4v) is 3.32. The van der Waals surface area contributed by atoms with Crippen LogP contribution in [0.4, 0.5) is 11.6 Å². The van der Waals surface area contributed by atoms with E-state index in [2.05, 4.69) is 20.6 Å². The summed E-state index contributed by atoms with van der Waals surface area (Å²) in [6.45, 7) is 1.85. The number of benzene rings is 1. The summed E-state index contributed by atoms with van der Waals surface area (Å²) in [5.74, 6) is 0.706. The lowest BCUT2D eigenvalue weighted by atomic mass is 9.96. The Labute approximate surface area is 158 Å². The second-order valence-electron chi connectivity index (χ2n) is 6.50. The first-order chi connectivity index (χ1) is 12.5. The lowest BCUT2D eigenvalue weighted by Crippen LogP contribution is -2.24. The van der Waals surface area contributed by atoms with E-state index in [-0.39, 0.29) is 5.91 Å². The zero-order valence-corrected chi connectivity index (χ0v) is 15.8. The average molecular weight is 375 g/mol. The van der Waals surface area contributed by atoms with Crippen LogP contribution < -0.4 is 15.4 Å². The van der Waals surface area contributed by atoms with E-state index >= 15 is 0 Å². The number of hydrogen-bond acceptors (Lipinski definition) is 5. The molecule has 0 spiro atoms. The maximum atomic E-state index is 12.7. The van der Waals surface area contributed by atoms with E-state index in [1.54, 1.807) is 31.4 Å². The summed E-state index contributed by atoms with van der Waals surface area (Å²) in [6, 6.07) is 7.09. The number of nitrogens with zero attached hydrogens (tertiary/aromatic N) is 2. The number of rotatable bonds is 5. The van der Waals surface area contributed by atoms with E-state index in [0.717, 1.165) is 18.5 Å². The molecule has 0 saturated heterocycles. The molecule has 26 heavy (non-hydrogen) atoms. The van der Waals surface area contributed by atoms with Gasteiger partial charge >= 0.3 is 0 Å². The number of anilines is 2. The van der Waals surface area contributed by atoms with Gasteiger partial charge in [0.05, 0.1) is 12.8 Å². The van der Waals surface area contributed by atoms with Gasteiger partial charge in [-0.1, -0.05) is 30.9 Å². The summed E-state index contributed by atoms with van der Waals surface area (Å²) >= 11 is 6.02. The number of nitrogens with one attached hydrogen (secondary N) is 2. The van der Waals surface area contributed by atoms with Crippen molar-refractivity contribution < 1.29 is 9.53 Å². The number of methoxy groups -OCH3 is 1. The van der Waals surface area contributed by atoms with Gasteiger partial charge in [0.25, 0.3) is 5.91 Å². The molecule has 2 N–H and O–H groups in total. The third-order valence-electron chi connectivity index (χ3n) is 4.43. The number of carbonyl (C=O) groups is 1. The van der Waals surface area contributed by atoms with Crippen molar-refractivity contribution in [2.45, 2.75) is 45.1 Å². The maximum Gasteiger partial charge on any atom is 0.274 e. The van der Waals surface area contributed by atoms with Crippen LogP contribution in [0, 0.1) is 6.92 Å². The van der Waals surface area contributed by atoms with Gasteiger partial charge in [-0.3, -0.25) is 4.79 Å². The van der Waals surface area contributed by atoms with E-state index in [1.165, 1.54) is 19.3 Å². The first kappa shape index (κ1) is 18.5. The van der Waals surface area contributed by atoms with E-state index in [0.29, 0.717) is 34.1 Å². The Kier molecular flexibility index (Phi) is 5.93. The van der Waals surface area contributed by atoms with Crippen molar-refractivity contribution in [3.63, 3.8) is 0 Å². The highest BCUT2D eigenvalue weighted by Gasteiger charge is 2.17. The monoisotopic (exact) mass is 374 g/mol. The van der Waals surface area contributed by atoms with E-state index in [1.807, 2.05) is 6.92 Å². The molecule has 0 radical (unpaired) electrons. The average Bonchev–Trinajstić information content (AvgIpc) is 2.62. The Hall–Kier alpha value is -2.34. The number of hydrogen-bond donors (Lipinski definition) is 2. The lowest BCUT2D eigenvalue weighted by Gasteiger charge is -2.23. The van der Waals surface area contributed by atoms with Crippen molar-refractivity contribution in [1.29, 1.82) is 0 Å². The predicted octanol–water partition coefficient (Wildman–Crippen LogP) is 4.44. The minimum atomic E-state index is -0.331. The number of amides is 1. The molecule has 0 atom stereocenters. The molecule has 1 saturated carbocycles. The smallest absolute Gasteiger partial charge is 0.274 e. The van der Waals surface area contributed by atoms with Crippen LogP contribution in [-0.4, -0.2) is 29.0 Å². The molecule has 7 heteroatoms. The Morgan fingerprint density at radius 1 is 1.19 bits per heavy atom. The zero-order valence-electron chi connectivity index (χ0n) is 15.0. The van der Waals surface area contributed by atoms with Gasteiger partial charge in [0.2, 0.25) is 5.95 Å². The van der Waals surface area contributed by atoms with Crippen LogP contribution in [0.1, 0.15) is 48.3 Å². The molecule has 6 nitrogen and oxygen atoms in total. The highest BCUT2D eigenvalue weighted by atomic mass is 35.5. The van der Waals surface area contributed by atoms with Gasteiger partial charge in [-0.25, -0.2) is 9.97 Å². The van der Waals surface area contributed by atoms with Crippen LogP contribution in [0.2, 0.25) is 5.02 Å². The van der Waals surface area contributed by atoms with Crippen molar-refractivity contribution in [1.82, 2.24) is 9.97 Å². The number of carbonyl (C=O) groups excluding carboxylic acids is 1. The highest BCUT2D eigenvalue weighted by molar-refractivity contribution is 6.31. The fraction of sp³-hybridized carbons (Fsp3) is 0.421. The van der Waals surface area contributed by atoms with Gasteiger partial charge in [-0.15, -0.1) is 0 Å². The largest absolute Gasteiger partial charge is 0.495 e. The first-order valence-electron chi connectivity index (χ1n) is 8.82. The van der Waals surface area contributed by atoms with Crippen LogP contribution in [0.3, 0.4) is 0 Å². The normalized spacial score (nSPS) is 14.7. The molecular weight excluding hydrogens is 352 g/mol. The van der Waals surface area contributed by atoms with Gasteiger partial charge in [-0.05, 0) is 44.0 Å². The van der Waals surface area contributed by atoms with Crippen LogP contribution >= 0.6 is 11.6 Å². The molecule has 2 aromatic rings. The quantitative estimate of drug-likeness (QED) is 0.808. The molecule has 1 aliphatic rings. The van der Waals surface area contributed by atoms with Crippen molar-refractivity contribution in [3.8, 4) is 5.75 Å². The molecule has 1 aromatic carbocycles. The molecule has 138 valence electrons. The standard InChI is InChI=1S/C19H23ClN4O2/c1-12-10-16(24-19(21-12)22-14-6-4-3-5-7-14)18(25)23-15-11-13(20)8-9-17(15)26-2/h8-11,14H,3-7H2,1-2H3,(H,23,25)(H,21,22,24). The number of ether oxygens (including phenoxy) is 1. The van der Waals surface area contributed by atoms with E-state index in [9.17, 15) is 4.79 Å². The highest BCUT2D eigenvalue weighted by Crippen LogP contribution is 2.28. The zero-order chi connectivity index (χ0) is 18.5. The van der Waals surface area contributed by atoms with E-state index in [4.69, 9.17) is 16.3 Å². The molecule has 1 heterocycles. The maximum absolute atomic E-state index is 12.7. The second kappa shape index (κ2) is 8.36. The molecular formula is C19H23ClN4O2. The van der Waals surface area contributed by atoms with Crippen molar-refractivity contribution in [3.05, 3.63) is 40.7 Å². The van der Waals surface area contributed by atoms with Gasteiger partial charge < -0.3 is 15.4 Å². The van der Waals surface area contributed by atoms with Crippen molar-refractivity contribution in [2.75, 3.05) is 17.7 Å². The summed E-state index contributed by atoms with van der Waals surface area (Å²) in [6.07, 6.45) is 5.93. The Balaban J connectivity index is 1.77. The van der Waals surface area contributed by atoms with Gasteiger partial charge in [0, 0.05) is 16.8 Å². The summed E-state index contributed by atoms with van der Waals surface area (Å²) in [7, 11) is 1.54. The first-order valence-corrected chi connectivity index (χ1v) is 9.20. The Morgan fingerprint density at radius 2 is 1.96 bits per heavy atom. The van der Waals surface area contributed by atoms with Gasteiger partial charge in [-0.2, -0.15) is 0 Å². The number of halogens is 1. The topological polar surface area (TPSA) is 76.1 Å².